The first kappa shape index (κ1) is 29.3. The molecule has 0 saturated heterocycles. The third-order valence-corrected chi connectivity index (χ3v) is 8.60. The van der Waals surface area contributed by atoms with Crippen molar-refractivity contribution in [3.05, 3.63) is 54.6 Å². The average molecular weight is 576 g/mol. The van der Waals surface area contributed by atoms with Crippen LogP contribution in [0.4, 0.5) is 0 Å². The number of ether oxygens (including phenoxy) is 3. The number of carbonyl (C=O) groups excluding carboxylic acids is 2. The van der Waals surface area contributed by atoms with Crippen LogP contribution in [0.25, 0.3) is 11.3 Å². The molecule has 0 radical (unpaired) electrons. The predicted molar refractivity (Wildman–Crippen MR) is 154 cm³/mol. The van der Waals surface area contributed by atoms with Crippen LogP contribution >= 0.6 is 0 Å². The van der Waals surface area contributed by atoms with Gasteiger partial charge in [-0.3, -0.25) is 14.4 Å². The Kier molecular flexibility index (Phi) is 8.61. The monoisotopic (exact) mass is 575 g/mol. The number of carboxylic acids is 1. The van der Waals surface area contributed by atoms with Gasteiger partial charge in [-0.15, -0.1) is 0 Å². The van der Waals surface area contributed by atoms with E-state index in [1.165, 1.54) is 19.3 Å². The van der Waals surface area contributed by atoms with Gasteiger partial charge < -0.3 is 24.2 Å². The standard InChI is InChI=1S/C32H37N3O7/c1-35-15-7-5-4-6-8-21-19-32(21,30(38)39)14-13-27(36)24-16-23(17-25(24)29(35)37)42-28-18-26(33-31(34-28)41-3)20-9-11-22(40-2)12-10-20/h6,8-14,18,21,23-25H,4-5,7,15-17,19H2,1-3H3,(H,38,39)/b8-6-,14-13+/t21-,23-,24-,25-,32+/m1/s1. The highest BCUT2D eigenvalue weighted by atomic mass is 16.5. The van der Waals surface area contributed by atoms with Gasteiger partial charge >= 0.3 is 12.0 Å². The molecule has 2 aromatic rings. The molecule has 0 spiro atoms. The van der Waals surface area contributed by atoms with Crippen molar-refractivity contribution in [2.75, 3.05) is 27.8 Å². The van der Waals surface area contributed by atoms with Crippen LogP contribution in [0.3, 0.4) is 0 Å². The van der Waals surface area contributed by atoms with Crippen molar-refractivity contribution in [1.29, 1.82) is 0 Å². The van der Waals surface area contributed by atoms with E-state index in [4.69, 9.17) is 14.2 Å². The maximum absolute atomic E-state index is 13.6. The fourth-order valence-corrected chi connectivity index (χ4v) is 5.98. The van der Waals surface area contributed by atoms with Crippen LogP contribution in [-0.4, -0.2) is 71.6 Å². The number of ketones is 1. The Morgan fingerprint density at radius 3 is 2.52 bits per heavy atom. The fourth-order valence-electron chi connectivity index (χ4n) is 5.98. The van der Waals surface area contributed by atoms with E-state index in [9.17, 15) is 19.5 Å². The molecule has 1 N–H and O–H groups in total. The molecule has 2 fully saturated rings. The second-order valence-electron chi connectivity index (χ2n) is 11.3. The molecule has 1 aromatic carbocycles. The number of benzene rings is 1. The zero-order valence-electron chi connectivity index (χ0n) is 24.2. The molecule has 42 heavy (non-hydrogen) atoms. The number of amides is 1. The number of fused-ring (bicyclic) bond motifs is 2. The second-order valence-corrected chi connectivity index (χ2v) is 11.3. The summed E-state index contributed by atoms with van der Waals surface area (Å²) >= 11 is 0. The molecule has 222 valence electrons. The number of methoxy groups -OCH3 is 2. The summed E-state index contributed by atoms with van der Waals surface area (Å²) in [5.41, 5.74) is 0.343. The Balaban J connectivity index is 1.39. The summed E-state index contributed by atoms with van der Waals surface area (Å²) in [4.78, 5) is 49.7. The minimum atomic E-state index is -1.06. The zero-order chi connectivity index (χ0) is 29.9. The molecular weight excluding hydrogens is 538 g/mol. The molecule has 0 unspecified atom stereocenters. The minimum absolute atomic E-state index is 0.102. The minimum Gasteiger partial charge on any atom is -0.497 e. The van der Waals surface area contributed by atoms with E-state index in [1.54, 1.807) is 25.1 Å². The molecule has 10 heteroatoms. The third-order valence-electron chi connectivity index (χ3n) is 8.60. The highest BCUT2D eigenvalue weighted by Crippen LogP contribution is 2.55. The molecule has 1 aromatic heterocycles. The number of carbonyl (C=O) groups is 3. The first-order valence-electron chi connectivity index (χ1n) is 14.4. The molecule has 1 amide bonds. The largest absolute Gasteiger partial charge is 0.497 e. The molecule has 10 nitrogen and oxygen atoms in total. The van der Waals surface area contributed by atoms with Gasteiger partial charge in [0.1, 0.15) is 11.9 Å². The number of rotatable bonds is 6. The summed E-state index contributed by atoms with van der Waals surface area (Å²) in [6, 6.07) is 9.24. The summed E-state index contributed by atoms with van der Waals surface area (Å²) in [6.45, 7) is 0.586. The predicted octanol–water partition coefficient (Wildman–Crippen LogP) is 4.35. The van der Waals surface area contributed by atoms with Crippen LogP contribution in [0.2, 0.25) is 0 Å². The molecular formula is C32H37N3O7. The van der Waals surface area contributed by atoms with Crippen molar-refractivity contribution in [3.8, 4) is 28.9 Å². The SMILES string of the molecule is COc1ccc(-c2cc(O[C@@H]3C[C@H]4C(=O)/C=C/[C@]5(C(=O)O)C[C@H]5/C=C\CCCCN(C)C(=O)[C@@H]4C3)nc(OC)n2)cc1. The van der Waals surface area contributed by atoms with Gasteiger partial charge in [0.15, 0.2) is 5.78 Å². The van der Waals surface area contributed by atoms with Crippen LogP contribution in [0.15, 0.2) is 54.6 Å². The lowest BCUT2D eigenvalue weighted by Crippen LogP contribution is -2.37. The summed E-state index contributed by atoms with van der Waals surface area (Å²) in [6.07, 6.45) is 10.1. The Hall–Kier alpha value is -4.21. The Morgan fingerprint density at radius 2 is 1.81 bits per heavy atom. The van der Waals surface area contributed by atoms with Crippen LogP contribution in [0, 0.1) is 23.2 Å². The smallest absolute Gasteiger partial charge is 0.320 e. The number of nitrogens with zero attached hydrogens (tertiary/aromatic N) is 3. The molecule has 0 bridgehead atoms. The number of aliphatic carboxylic acids is 1. The van der Waals surface area contributed by atoms with Crippen LogP contribution < -0.4 is 14.2 Å². The molecule has 5 rings (SSSR count). The van der Waals surface area contributed by atoms with Gasteiger partial charge in [-0.2, -0.15) is 9.97 Å². The number of aromatic nitrogens is 2. The van der Waals surface area contributed by atoms with Crippen LogP contribution in [0.5, 0.6) is 17.6 Å². The first-order valence-corrected chi connectivity index (χ1v) is 14.4. The van der Waals surface area contributed by atoms with Gasteiger partial charge in [-0.05, 0) is 74.8 Å². The van der Waals surface area contributed by atoms with Crippen molar-refractivity contribution >= 4 is 17.7 Å². The van der Waals surface area contributed by atoms with Crippen LogP contribution in [0.1, 0.15) is 38.5 Å². The van der Waals surface area contributed by atoms with Crippen LogP contribution in [-0.2, 0) is 14.4 Å². The average Bonchev–Trinajstić information content (AvgIpc) is 3.56. The van der Waals surface area contributed by atoms with Gasteiger partial charge in [0.05, 0.1) is 31.2 Å². The molecule has 5 atom stereocenters. The van der Waals surface area contributed by atoms with Crippen molar-refractivity contribution in [2.24, 2.45) is 23.2 Å². The van der Waals surface area contributed by atoms with E-state index in [2.05, 4.69) is 9.97 Å². The molecule has 3 aliphatic rings. The van der Waals surface area contributed by atoms with Crippen molar-refractivity contribution in [1.82, 2.24) is 14.9 Å². The second kappa shape index (κ2) is 12.3. The lowest BCUT2D eigenvalue weighted by molar-refractivity contribution is -0.141. The van der Waals surface area contributed by atoms with Crippen molar-refractivity contribution in [2.45, 2.75) is 44.6 Å². The Morgan fingerprint density at radius 1 is 1.05 bits per heavy atom. The van der Waals surface area contributed by atoms with E-state index in [1.807, 2.05) is 36.4 Å². The number of hydrogen-bond acceptors (Lipinski definition) is 8. The lowest BCUT2D eigenvalue weighted by atomic mass is 9.89. The summed E-state index contributed by atoms with van der Waals surface area (Å²) in [5, 5.41) is 9.91. The summed E-state index contributed by atoms with van der Waals surface area (Å²) in [7, 11) is 4.84. The van der Waals surface area contributed by atoms with E-state index >= 15 is 0 Å². The van der Waals surface area contributed by atoms with E-state index < -0.39 is 29.3 Å². The lowest BCUT2D eigenvalue weighted by Gasteiger charge is -2.24. The number of hydrogen-bond donors (Lipinski definition) is 1. The van der Waals surface area contributed by atoms with Gasteiger partial charge in [0, 0.05) is 31.1 Å². The Bertz CT molecular complexity index is 1390. The molecule has 2 saturated carbocycles. The van der Waals surface area contributed by atoms with Gasteiger partial charge in [0.2, 0.25) is 11.8 Å². The van der Waals surface area contributed by atoms with E-state index in [0.29, 0.717) is 37.3 Å². The Labute approximate surface area is 245 Å². The topological polar surface area (TPSA) is 128 Å². The highest BCUT2D eigenvalue weighted by Gasteiger charge is 2.57. The van der Waals surface area contributed by atoms with Crippen molar-refractivity contribution < 1.29 is 33.7 Å². The number of allylic oxidation sites excluding steroid dienone is 3. The normalized spacial score (nSPS) is 29.4. The number of carboxylic acid groups (broad SMARTS) is 1. The van der Waals surface area contributed by atoms with E-state index in [0.717, 1.165) is 24.8 Å². The van der Waals surface area contributed by atoms with Gasteiger partial charge in [0.25, 0.3) is 0 Å². The quantitative estimate of drug-likeness (QED) is 0.500. The van der Waals surface area contributed by atoms with E-state index in [-0.39, 0.29) is 29.5 Å². The third kappa shape index (κ3) is 6.17. The van der Waals surface area contributed by atoms with Gasteiger partial charge in [-0.25, -0.2) is 0 Å². The molecule has 2 aliphatic carbocycles. The highest BCUT2D eigenvalue weighted by molar-refractivity contribution is 5.97. The molecule has 2 heterocycles. The maximum Gasteiger partial charge on any atom is 0.320 e. The fraction of sp³-hybridized carbons (Fsp3) is 0.469. The van der Waals surface area contributed by atoms with Crippen molar-refractivity contribution in [3.63, 3.8) is 0 Å². The maximum atomic E-state index is 13.6. The van der Waals surface area contributed by atoms with Gasteiger partial charge in [-0.1, -0.05) is 18.2 Å². The first-order chi connectivity index (χ1) is 20.2. The zero-order valence-corrected chi connectivity index (χ0v) is 24.2. The summed E-state index contributed by atoms with van der Waals surface area (Å²) < 4.78 is 16.8. The summed E-state index contributed by atoms with van der Waals surface area (Å²) in [5.74, 6) is -1.64. The molecule has 1 aliphatic heterocycles.